The predicted octanol–water partition coefficient (Wildman–Crippen LogP) is 4.31. The number of carbonyl (C=O) groups excluding carboxylic acids is 2. The Bertz CT molecular complexity index is 792. The van der Waals surface area contributed by atoms with Crippen LogP contribution in [0.4, 0.5) is 5.69 Å². The summed E-state index contributed by atoms with van der Waals surface area (Å²) in [4.78, 5) is 26.7. The Balaban J connectivity index is 1.59. The van der Waals surface area contributed by atoms with Gasteiger partial charge in [-0.15, -0.1) is 11.3 Å². The second-order valence-electron chi connectivity index (χ2n) is 7.12. The molecule has 1 aliphatic rings. The summed E-state index contributed by atoms with van der Waals surface area (Å²) >= 11 is 1.58. The summed E-state index contributed by atoms with van der Waals surface area (Å²) in [5, 5.41) is 5.67. The van der Waals surface area contributed by atoms with Gasteiger partial charge in [-0.3, -0.25) is 9.59 Å². The van der Waals surface area contributed by atoms with E-state index in [0.717, 1.165) is 29.7 Å². The summed E-state index contributed by atoms with van der Waals surface area (Å²) in [7, 11) is 0. The molecule has 0 saturated heterocycles. The van der Waals surface area contributed by atoms with Gasteiger partial charge in [0.1, 0.15) is 0 Å². The Labute approximate surface area is 159 Å². The van der Waals surface area contributed by atoms with Gasteiger partial charge in [-0.2, -0.15) is 0 Å². The first kappa shape index (κ1) is 18.6. The maximum atomic E-state index is 12.4. The lowest BCUT2D eigenvalue weighted by molar-refractivity contribution is -0.115. The van der Waals surface area contributed by atoms with Gasteiger partial charge in [0, 0.05) is 10.6 Å². The smallest absolute Gasteiger partial charge is 0.261 e. The Morgan fingerprint density at radius 1 is 1.00 bits per heavy atom. The van der Waals surface area contributed by atoms with Gasteiger partial charge in [0.15, 0.2) is 0 Å². The molecular formula is C21H26N2O2S. The van der Waals surface area contributed by atoms with Crippen LogP contribution in [0.1, 0.15) is 56.1 Å². The Kier molecular flexibility index (Phi) is 5.77. The third-order valence-electron chi connectivity index (χ3n) is 4.82. The average Bonchev–Trinajstić information content (AvgIpc) is 2.87. The van der Waals surface area contributed by atoms with Crippen LogP contribution in [-0.4, -0.2) is 18.4 Å². The van der Waals surface area contributed by atoms with Crippen LogP contribution in [0.2, 0.25) is 0 Å². The summed E-state index contributed by atoms with van der Waals surface area (Å²) in [5.41, 5.74) is 5.38. The number of aryl methyl sites for hydroxylation is 5. The summed E-state index contributed by atoms with van der Waals surface area (Å²) in [6.45, 7) is 5.97. The van der Waals surface area contributed by atoms with Crippen molar-refractivity contribution in [3.8, 4) is 0 Å². The van der Waals surface area contributed by atoms with E-state index in [2.05, 4.69) is 10.6 Å². The van der Waals surface area contributed by atoms with E-state index in [1.165, 1.54) is 35.3 Å². The summed E-state index contributed by atoms with van der Waals surface area (Å²) in [5.74, 6) is -0.359. The lowest BCUT2D eigenvalue weighted by atomic mass is 10.1. The zero-order valence-electron chi connectivity index (χ0n) is 15.7. The number of hydrogen-bond acceptors (Lipinski definition) is 3. The molecule has 2 N–H and O–H groups in total. The first-order valence-corrected chi connectivity index (χ1v) is 10.0. The minimum atomic E-state index is -0.202. The molecule has 1 aliphatic carbocycles. The van der Waals surface area contributed by atoms with Crippen LogP contribution in [0, 0.1) is 20.8 Å². The molecule has 1 aromatic heterocycles. The molecule has 0 bridgehead atoms. The second-order valence-corrected chi connectivity index (χ2v) is 8.26. The largest absolute Gasteiger partial charge is 0.342 e. The summed E-state index contributed by atoms with van der Waals surface area (Å²) in [6, 6.07) is 6.09. The highest BCUT2D eigenvalue weighted by atomic mass is 32.1. The number of fused-ring (bicyclic) bond motifs is 1. The molecule has 2 aromatic rings. The molecule has 1 aromatic carbocycles. The van der Waals surface area contributed by atoms with Crippen LogP contribution in [0.15, 0.2) is 18.2 Å². The average molecular weight is 371 g/mol. The van der Waals surface area contributed by atoms with Gasteiger partial charge in [0.25, 0.3) is 5.91 Å². The van der Waals surface area contributed by atoms with Crippen LogP contribution < -0.4 is 10.6 Å². The van der Waals surface area contributed by atoms with Gasteiger partial charge in [0.2, 0.25) is 5.91 Å². The highest BCUT2D eigenvalue weighted by Gasteiger charge is 2.17. The van der Waals surface area contributed by atoms with E-state index < -0.39 is 0 Å². The molecule has 2 amide bonds. The van der Waals surface area contributed by atoms with Gasteiger partial charge in [-0.05, 0) is 69.2 Å². The molecule has 0 spiro atoms. The predicted molar refractivity (Wildman–Crippen MR) is 107 cm³/mol. The fraction of sp³-hybridized carbons (Fsp3) is 0.429. The minimum Gasteiger partial charge on any atom is -0.342 e. The van der Waals surface area contributed by atoms with Crippen molar-refractivity contribution >= 4 is 28.8 Å². The lowest BCUT2D eigenvalue weighted by Crippen LogP contribution is -2.32. The molecule has 0 atom stereocenters. The molecule has 0 aliphatic heterocycles. The Hall–Kier alpha value is -2.14. The first-order chi connectivity index (χ1) is 12.4. The summed E-state index contributed by atoms with van der Waals surface area (Å²) < 4.78 is 0. The van der Waals surface area contributed by atoms with Crippen molar-refractivity contribution in [3.05, 3.63) is 50.2 Å². The van der Waals surface area contributed by atoms with E-state index >= 15 is 0 Å². The molecule has 138 valence electrons. The maximum absolute atomic E-state index is 12.4. The van der Waals surface area contributed by atoms with Crippen LogP contribution in [0.25, 0.3) is 0 Å². The molecule has 0 saturated carbocycles. The van der Waals surface area contributed by atoms with E-state index in [0.29, 0.717) is 4.88 Å². The maximum Gasteiger partial charge on any atom is 0.261 e. The number of benzene rings is 1. The number of amides is 2. The van der Waals surface area contributed by atoms with Crippen LogP contribution in [-0.2, 0) is 17.6 Å². The van der Waals surface area contributed by atoms with E-state index in [1.807, 2.05) is 39.0 Å². The molecule has 0 unspecified atom stereocenters. The van der Waals surface area contributed by atoms with Crippen molar-refractivity contribution in [2.75, 3.05) is 11.9 Å². The normalized spacial score (nSPS) is 13.7. The van der Waals surface area contributed by atoms with Crippen LogP contribution >= 0.6 is 11.3 Å². The van der Waals surface area contributed by atoms with Gasteiger partial charge >= 0.3 is 0 Å². The standard InChI is InChI=1S/C21H26N2O2S/c1-13-9-14(2)20(15(3)10-13)23-19(24)12-22-21(25)18-11-16-7-5-4-6-8-17(16)26-18/h9-11H,4-8,12H2,1-3H3,(H,22,25)(H,23,24). The zero-order valence-corrected chi connectivity index (χ0v) is 16.5. The third kappa shape index (κ3) is 4.33. The van der Waals surface area contributed by atoms with Crippen molar-refractivity contribution in [2.45, 2.75) is 52.9 Å². The van der Waals surface area contributed by atoms with Crippen molar-refractivity contribution in [1.29, 1.82) is 0 Å². The molecule has 0 fully saturated rings. The second kappa shape index (κ2) is 8.04. The van der Waals surface area contributed by atoms with E-state index in [9.17, 15) is 9.59 Å². The van der Waals surface area contributed by atoms with E-state index in [4.69, 9.17) is 0 Å². The number of carbonyl (C=O) groups is 2. The summed E-state index contributed by atoms with van der Waals surface area (Å²) in [6.07, 6.45) is 5.79. The molecule has 3 rings (SSSR count). The number of hydrogen-bond donors (Lipinski definition) is 2. The topological polar surface area (TPSA) is 58.2 Å². The quantitative estimate of drug-likeness (QED) is 0.788. The fourth-order valence-electron chi connectivity index (χ4n) is 3.59. The monoisotopic (exact) mass is 370 g/mol. The van der Waals surface area contributed by atoms with Crippen molar-refractivity contribution in [3.63, 3.8) is 0 Å². The number of anilines is 1. The zero-order chi connectivity index (χ0) is 18.7. The van der Waals surface area contributed by atoms with E-state index in [-0.39, 0.29) is 18.4 Å². The van der Waals surface area contributed by atoms with Crippen LogP contribution in [0.3, 0.4) is 0 Å². The highest BCUT2D eigenvalue weighted by Crippen LogP contribution is 2.29. The van der Waals surface area contributed by atoms with Gasteiger partial charge < -0.3 is 10.6 Å². The third-order valence-corrected chi connectivity index (χ3v) is 6.06. The van der Waals surface area contributed by atoms with Crippen molar-refractivity contribution in [1.82, 2.24) is 5.32 Å². The fourth-order valence-corrected chi connectivity index (χ4v) is 4.76. The van der Waals surface area contributed by atoms with Crippen LogP contribution in [0.5, 0.6) is 0 Å². The molecule has 1 heterocycles. The Morgan fingerprint density at radius 3 is 2.42 bits per heavy atom. The molecule has 5 heteroatoms. The number of thiophene rings is 1. The number of rotatable bonds is 4. The molecule has 0 radical (unpaired) electrons. The van der Waals surface area contributed by atoms with Gasteiger partial charge in [0.05, 0.1) is 11.4 Å². The molecular weight excluding hydrogens is 344 g/mol. The Morgan fingerprint density at radius 2 is 1.69 bits per heavy atom. The van der Waals surface area contributed by atoms with Crippen molar-refractivity contribution < 1.29 is 9.59 Å². The molecule has 4 nitrogen and oxygen atoms in total. The minimum absolute atomic E-state index is 0.0197. The van der Waals surface area contributed by atoms with E-state index in [1.54, 1.807) is 11.3 Å². The lowest BCUT2D eigenvalue weighted by Gasteiger charge is -2.13. The SMILES string of the molecule is Cc1cc(C)c(NC(=O)CNC(=O)c2cc3c(s2)CCCCC3)c(C)c1. The van der Waals surface area contributed by atoms with Crippen molar-refractivity contribution in [2.24, 2.45) is 0 Å². The van der Waals surface area contributed by atoms with Gasteiger partial charge in [-0.1, -0.05) is 24.1 Å². The van der Waals surface area contributed by atoms with Gasteiger partial charge in [-0.25, -0.2) is 0 Å². The number of nitrogens with one attached hydrogen (secondary N) is 2. The highest BCUT2D eigenvalue weighted by molar-refractivity contribution is 7.14. The first-order valence-electron chi connectivity index (χ1n) is 9.21. The molecule has 26 heavy (non-hydrogen) atoms.